The average Bonchev–Trinajstić information content (AvgIpc) is 3.53. The zero-order valence-corrected chi connectivity index (χ0v) is 26.7. The van der Waals surface area contributed by atoms with Crippen molar-refractivity contribution in [2.45, 2.75) is 53.9 Å². The van der Waals surface area contributed by atoms with E-state index in [1.807, 2.05) is 0 Å². The molecule has 4 aliphatic rings. The van der Waals surface area contributed by atoms with Crippen molar-refractivity contribution >= 4 is 92.7 Å². The first-order valence-electron chi connectivity index (χ1n) is 11.8. The number of methoxy groups -OCH3 is 1. The lowest BCUT2D eigenvalue weighted by Gasteiger charge is -2.34. The van der Waals surface area contributed by atoms with Gasteiger partial charge in [-0.2, -0.15) is 0 Å². The molecule has 4 N–H and O–H groups in total. The number of alkyl halides is 1. The molecular weight excluding hydrogens is 780 g/mol. The number of nitrogens with one attached hydrogen (secondary N) is 2. The quantitative estimate of drug-likeness (QED) is 0.214. The maximum atomic E-state index is 12.6. The molecule has 0 aromatic heterocycles. The number of hydrogen-bond donors (Lipinski definition) is 4. The molecule has 5 atom stereocenters. The molecule has 0 unspecified atom stereocenters. The van der Waals surface area contributed by atoms with E-state index in [-0.39, 0.29) is 34.5 Å². The number of allylic oxidation sites excluding steroid dienone is 2. The predicted octanol–water partition coefficient (Wildman–Crippen LogP) is 1.92. The van der Waals surface area contributed by atoms with E-state index in [4.69, 9.17) is 14.4 Å². The molecule has 0 fully saturated rings. The van der Waals surface area contributed by atoms with Gasteiger partial charge in [0.25, 0.3) is 11.8 Å². The Labute approximate surface area is 256 Å². The van der Waals surface area contributed by atoms with Gasteiger partial charge in [0.15, 0.2) is 17.0 Å². The van der Waals surface area contributed by atoms with Crippen LogP contribution in [-0.4, -0.2) is 87.7 Å². The maximum Gasteiger partial charge on any atom is 0.269 e. The summed E-state index contributed by atoms with van der Waals surface area (Å²) in [6.45, 7) is 0.655. The van der Waals surface area contributed by atoms with Crippen molar-refractivity contribution in [1.82, 2.24) is 10.6 Å². The molecule has 0 saturated heterocycles. The Morgan fingerprint density at radius 1 is 1.00 bits per heavy atom. The first-order valence-corrected chi connectivity index (χ1v) is 15.1. The smallest absolute Gasteiger partial charge is 0.269 e. The lowest BCUT2D eigenvalue weighted by molar-refractivity contribution is -0.124. The molecule has 0 aromatic carbocycles. The largest absolute Gasteiger partial charge is 0.495 e. The number of rotatable bonds is 8. The Balaban J connectivity index is 1.17. The molecule has 2 heterocycles. The number of unbranched alkanes of at least 4 members (excludes halogenated alkanes) is 1. The summed E-state index contributed by atoms with van der Waals surface area (Å²) < 4.78 is 6.44. The van der Waals surface area contributed by atoms with Gasteiger partial charge in [-0.3, -0.25) is 14.4 Å². The molecular formula is C23H24Br4N4O8. The lowest BCUT2D eigenvalue weighted by Crippen LogP contribution is -2.52. The van der Waals surface area contributed by atoms with Gasteiger partial charge in [0.05, 0.1) is 20.6 Å². The number of Topliss-reactive ketones (excluding diaryl/α,β-unsaturated/α-hetero) is 1. The second-order valence-electron chi connectivity index (χ2n) is 9.22. The summed E-state index contributed by atoms with van der Waals surface area (Å²) in [5, 5.41) is 34.4. The fourth-order valence-electron chi connectivity index (χ4n) is 4.39. The van der Waals surface area contributed by atoms with Gasteiger partial charge in [-0.1, -0.05) is 26.2 Å². The Kier molecular flexibility index (Phi) is 9.43. The molecule has 212 valence electrons. The monoisotopic (exact) mass is 800 g/mol. The maximum absolute atomic E-state index is 12.6. The highest BCUT2D eigenvalue weighted by atomic mass is 79.9. The zero-order valence-electron chi connectivity index (χ0n) is 20.4. The fraction of sp³-hybridized carbons (Fsp3) is 0.522. The molecule has 2 aliphatic heterocycles. The van der Waals surface area contributed by atoms with E-state index in [1.54, 1.807) is 6.08 Å². The third-order valence-corrected chi connectivity index (χ3v) is 9.50. The van der Waals surface area contributed by atoms with Gasteiger partial charge in [-0.25, -0.2) is 0 Å². The Hall–Kier alpha value is -1.59. The molecule has 2 spiro atoms. The van der Waals surface area contributed by atoms with Gasteiger partial charge in [-0.05, 0) is 72.8 Å². The van der Waals surface area contributed by atoms with E-state index in [0.29, 0.717) is 40.7 Å². The third-order valence-electron chi connectivity index (χ3n) is 6.58. The second kappa shape index (κ2) is 12.1. The summed E-state index contributed by atoms with van der Waals surface area (Å²) in [7, 11) is 1.47. The van der Waals surface area contributed by atoms with Crippen LogP contribution in [0.2, 0.25) is 0 Å². The SMILES string of the molecule is COC1=C(Br)[C@@H](O)[C@]2(C=C1Br)CC(C(=O)NCCCCNC(=O)C1=NO[C@]3(C=C(Br)C(=O)[C@@H](Br)[C@@H]3O)C1)=NO2. The Morgan fingerprint density at radius 2 is 1.51 bits per heavy atom. The summed E-state index contributed by atoms with van der Waals surface area (Å²) >= 11 is 13.0. The number of aliphatic hydroxyl groups excluding tert-OH is 2. The van der Waals surface area contributed by atoms with E-state index in [2.05, 4.69) is 84.7 Å². The van der Waals surface area contributed by atoms with E-state index < -0.39 is 40.1 Å². The second-order valence-corrected chi connectivity index (χ2v) is 12.8. The van der Waals surface area contributed by atoms with E-state index in [1.165, 1.54) is 13.2 Å². The number of hydrogen-bond acceptors (Lipinski definition) is 10. The number of halogens is 4. The number of ketones is 1. The molecule has 16 heteroatoms. The van der Waals surface area contributed by atoms with Crippen molar-refractivity contribution in [3.63, 3.8) is 0 Å². The number of ether oxygens (including phenoxy) is 1. The standard InChI is InChI=1S/C23H24Br4N4O8/c1-37-17-11(25)7-23(19(34)15(17)27)9-13(31-39-23)21(36)29-5-3-2-4-28-20(35)12-8-22(38-30-12)6-10(24)16(32)14(26)18(22)33/h6-7,14,18-19,33-34H,2-5,8-9H2,1H3,(H,28,35)(H,29,36)/t14-,18+,19-,22-,23+/m1/s1. The van der Waals surface area contributed by atoms with Crippen LogP contribution in [0.15, 0.2) is 41.7 Å². The fourth-order valence-corrected chi connectivity index (χ4v) is 7.82. The minimum Gasteiger partial charge on any atom is -0.495 e. The highest BCUT2D eigenvalue weighted by Crippen LogP contribution is 2.44. The normalized spacial score (nSPS) is 31.8. The van der Waals surface area contributed by atoms with Gasteiger partial charge < -0.3 is 35.3 Å². The van der Waals surface area contributed by atoms with Crippen molar-refractivity contribution in [1.29, 1.82) is 0 Å². The van der Waals surface area contributed by atoms with E-state index in [9.17, 15) is 24.6 Å². The molecule has 2 aliphatic carbocycles. The predicted molar refractivity (Wildman–Crippen MR) is 154 cm³/mol. The molecule has 0 radical (unpaired) electrons. The van der Waals surface area contributed by atoms with Crippen LogP contribution in [0.5, 0.6) is 0 Å². The van der Waals surface area contributed by atoms with Gasteiger partial charge in [-0.15, -0.1) is 0 Å². The van der Waals surface area contributed by atoms with Crippen LogP contribution < -0.4 is 10.6 Å². The van der Waals surface area contributed by atoms with Crippen molar-refractivity contribution in [2.75, 3.05) is 20.2 Å². The Bertz CT molecular complexity index is 1230. The number of oxime groups is 2. The molecule has 0 bridgehead atoms. The summed E-state index contributed by atoms with van der Waals surface area (Å²) in [5.41, 5.74) is -2.29. The van der Waals surface area contributed by atoms with Crippen LogP contribution in [0.25, 0.3) is 0 Å². The van der Waals surface area contributed by atoms with Crippen LogP contribution >= 0.6 is 63.7 Å². The number of aliphatic hydroxyl groups is 2. The minimum absolute atomic E-state index is 0.00577. The van der Waals surface area contributed by atoms with Crippen LogP contribution in [0.1, 0.15) is 25.7 Å². The number of carbonyl (C=O) groups excluding carboxylic acids is 3. The minimum atomic E-state index is -1.30. The van der Waals surface area contributed by atoms with Crippen LogP contribution in [0.4, 0.5) is 0 Å². The van der Waals surface area contributed by atoms with Gasteiger partial charge in [0.1, 0.15) is 34.2 Å². The molecule has 0 aromatic rings. The lowest BCUT2D eigenvalue weighted by atomic mass is 9.83. The van der Waals surface area contributed by atoms with Crippen molar-refractivity contribution < 1.29 is 39.0 Å². The first-order chi connectivity index (χ1) is 18.4. The van der Waals surface area contributed by atoms with E-state index in [0.717, 1.165) is 0 Å². The highest BCUT2D eigenvalue weighted by molar-refractivity contribution is 9.12. The highest BCUT2D eigenvalue weighted by Gasteiger charge is 2.53. The zero-order chi connectivity index (χ0) is 28.5. The summed E-state index contributed by atoms with van der Waals surface area (Å²) in [5.74, 6) is -0.757. The number of amides is 2. The average molecular weight is 804 g/mol. The first kappa shape index (κ1) is 30.4. The molecule has 4 rings (SSSR count). The molecule has 39 heavy (non-hydrogen) atoms. The van der Waals surface area contributed by atoms with Crippen LogP contribution in [0.3, 0.4) is 0 Å². The van der Waals surface area contributed by atoms with Gasteiger partial charge in [0.2, 0.25) is 0 Å². The van der Waals surface area contributed by atoms with E-state index >= 15 is 0 Å². The third kappa shape index (κ3) is 5.91. The summed E-state index contributed by atoms with van der Waals surface area (Å²) in [6.07, 6.45) is 1.93. The van der Waals surface area contributed by atoms with Crippen molar-refractivity contribution in [3.8, 4) is 0 Å². The molecule has 0 saturated carbocycles. The van der Waals surface area contributed by atoms with Gasteiger partial charge >= 0.3 is 0 Å². The van der Waals surface area contributed by atoms with Gasteiger partial charge in [0, 0.05) is 25.9 Å². The van der Waals surface area contributed by atoms with Crippen molar-refractivity contribution in [2.24, 2.45) is 10.3 Å². The number of nitrogens with zero attached hydrogens (tertiary/aromatic N) is 2. The molecule has 2 amide bonds. The Morgan fingerprint density at radius 3 is 2.08 bits per heavy atom. The van der Waals surface area contributed by atoms with Crippen LogP contribution in [-0.2, 0) is 28.8 Å². The summed E-state index contributed by atoms with van der Waals surface area (Å²) in [6, 6.07) is 0. The number of carbonyl (C=O) groups is 3. The topological polar surface area (TPSA) is 168 Å². The van der Waals surface area contributed by atoms with Crippen molar-refractivity contribution in [3.05, 3.63) is 31.4 Å². The summed E-state index contributed by atoms with van der Waals surface area (Å²) in [4.78, 5) is 47.1. The molecule has 12 nitrogen and oxygen atoms in total. The van der Waals surface area contributed by atoms with Crippen LogP contribution in [0, 0.1) is 0 Å².